The minimum absolute atomic E-state index is 0.0560. The third kappa shape index (κ3) is 1.74. The number of aromatic nitrogens is 1. The van der Waals surface area contributed by atoms with E-state index < -0.39 is 0 Å². The summed E-state index contributed by atoms with van der Waals surface area (Å²) in [7, 11) is 0. The molecule has 0 fully saturated rings. The summed E-state index contributed by atoms with van der Waals surface area (Å²) in [6.45, 7) is 0. The minimum atomic E-state index is -0.0560. The predicted octanol–water partition coefficient (Wildman–Crippen LogP) is 2.84. The molecule has 1 aromatic carbocycles. The normalized spacial score (nSPS) is 10.4. The van der Waals surface area contributed by atoms with E-state index >= 15 is 0 Å². The number of hydrogen-bond acceptors (Lipinski definition) is 2. The minimum Gasteiger partial charge on any atom is -0.315 e. The lowest BCUT2D eigenvalue weighted by Crippen LogP contribution is -1.92. The fraction of sp³-hybridized carbons (Fsp3) is 0.100. The van der Waals surface area contributed by atoms with Crippen molar-refractivity contribution in [1.29, 1.82) is 0 Å². The fourth-order valence-corrected chi connectivity index (χ4v) is 2.42. The Kier molecular flexibility index (Phi) is 2.70. The lowest BCUT2D eigenvalue weighted by atomic mass is 10.2. The largest absolute Gasteiger partial charge is 0.315 e. The molecule has 1 aromatic heterocycles. The number of nitrogens with one attached hydrogen (secondary N) is 1. The Hall–Kier alpha value is -1.06. The number of H-pyrrole nitrogens is 1. The predicted molar refractivity (Wildman–Crippen MR) is 59.9 cm³/mol. The van der Waals surface area contributed by atoms with Crippen LogP contribution in [0.5, 0.6) is 0 Å². The van der Waals surface area contributed by atoms with Crippen LogP contribution in [0.2, 0.25) is 0 Å². The van der Waals surface area contributed by atoms with Gasteiger partial charge in [-0.3, -0.25) is 4.79 Å². The molecule has 2 nitrogen and oxygen atoms in total. The van der Waals surface area contributed by atoms with Crippen molar-refractivity contribution in [3.05, 3.63) is 45.7 Å². The first kappa shape index (κ1) is 9.49. The molecule has 0 aliphatic heterocycles. The molecule has 0 unspecified atom stereocenters. The molecular weight excluding hydrogens is 218 g/mol. The van der Waals surface area contributed by atoms with Gasteiger partial charge in [0.25, 0.3) is 0 Å². The monoisotopic (exact) mass is 225 g/mol. The summed E-state index contributed by atoms with van der Waals surface area (Å²) in [5.41, 5.74) is 1.83. The van der Waals surface area contributed by atoms with Crippen molar-refractivity contribution in [2.24, 2.45) is 0 Å². The van der Waals surface area contributed by atoms with Crippen LogP contribution in [0, 0.1) is 0 Å². The zero-order valence-corrected chi connectivity index (χ0v) is 8.86. The van der Waals surface area contributed by atoms with Crippen molar-refractivity contribution in [2.75, 3.05) is 0 Å². The molecule has 0 atom stereocenters. The zero-order valence-electron chi connectivity index (χ0n) is 7.29. The molecule has 0 aliphatic carbocycles. The van der Waals surface area contributed by atoms with E-state index in [-0.39, 0.29) is 4.87 Å². The summed E-state index contributed by atoms with van der Waals surface area (Å²) < 4.78 is 0. The van der Waals surface area contributed by atoms with E-state index in [2.05, 4.69) is 4.98 Å². The SMILES string of the molecule is O=c1[nH]c(CCl)c(-c2ccccc2)s1. The summed E-state index contributed by atoms with van der Waals surface area (Å²) in [4.78, 5) is 14.8. The molecule has 2 aromatic rings. The first-order valence-corrected chi connectivity index (χ1v) is 5.49. The van der Waals surface area contributed by atoms with Gasteiger partial charge in [-0.2, -0.15) is 0 Å². The van der Waals surface area contributed by atoms with Gasteiger partial charge in [-0.25, -0.2) is 0 Å². The highest BCUT2D eigenvalue weighted by Gasteiger charge is 2.08. The molecule has 0 aliphatic rings. The van der Waals surface area contributed by atoms with Crippen LogP contribution in [-0.2, 0) is 5.88 Å². The van der Waals surface area contributed by atoms with E-state index in [9.17, 15) is 4.79 Å². The Morgan fingerprint density at radius 1 is 1.29 bits per heavy atom. The summed E-state index contributed by atoms with van der Waals surface area (Å²) in [5, 5.41) is 0. The lowest BCUT2D eigenvalue weighted by Gasteiger charge is -1.98. The molecule has 0 spiro atoms. The second-order valence-electron chi connectivity index (χ2n) is 2.82. The molecule has 0 amide bonds. The smallest absolute Gasteiger partial charge is 0.305 e. The van der Waals surface area contributed by atoms with Gasteiger partial charge in [0.1, 0.15) is 0 Å². The van der Waals surface area contributed by atoms with Crippen molar-refractivity contribution in [3.8, 4) is 10.4 Å². The Bertz CT molecular complexity index is 474. The van der Waals surface area contributed by atoms with Gasteiger partial charge in [0, 0.05) is 0 Å². The first-order valence-electron chi connectivity index (χ1n) is 4.14. The molecule has 72 valence electrons. The number of halogens is 1. The zero-order chi connectivity index (χ0) is 9.97. The Morgan fingerprint density at radius 3 is 2.64 bits per heavy atom. The Balaban J connectivity index is 2.56. The number of aromatic amines is 1. The molecule has 1 heterocycles. The quantitative estimate of drug-likeness (QED) is 0.784. The van der Waals surface area contributed by atoms with E-state index in [0.717, 1.165) is 16.1 Å². The Morgan fingerprint density at radius 2 is 2.00 bits per heavy atom. The topological polar surface area (TPSA) is 32.9 Å². The highest BCUT2D eigenvalue weighted by molar-refractivity contribution is 7.13. The first-order chi connectivity index (χ1) is 6.81. The molecule has 1 N–H and O–H groups in total. The summed E-state index contributed by atoms with van der Waals surface area (Å²) >= 11 is 6.93. The van der Waals surface area contributed by atoms with Gasteiger partial charge in [0.05, 0.1) is 16.5 Å². The van der Waals surface area contributed by atoms with Gasteiger partial charge in [-0.1, -0.05) is 41.7 Å². The lowest BCUT2D eigenvalue weighted by molar-refractivity contribution is 1.19. The maximum absolute atomic E-state index is 11.1. The van der Waals surface area contributed by atoms with Gasteiger partial charge in [-0.15, -0.1) is 11.6 Å². The van der Waals surface area contributed by atoms with Crippen molar-refractivity contribution in [2.45, 2.75) is 5.88 Å². The van der Waals surface area contributed by atoms with Gasteiger partial charge >= 0.3 is 4.87 Å². The number of thiazole rings is 1. The third-order valence-corrected chi connectivity index (χ3v) is 3.13. The van der Waals surface area contributed by atoms with Crippen LogP contribution < -0.4 is 4.87 Å². The van der Waals surface area contributed by atoms with Gasteiger partial charge in [0.15, 0.2) is 0 Å². The van der Waals surface area contributed by atoms with E-state index in [1.54, 1.807) is 0 Å². The van der Waals surface area contributed by atoms with Crippen LogP contribution in [0.25, 0.3) is 10.4 Å². The average Bonchev–Trinajstić information content (AvgIpc) is 2.61. The number of rotatable bonds is 2. The van der Waals surface area contributed by atoms with Gasteiger partial charge in [-0.05, 0) is 5.56 Å². The maximum Gasteiger partial charge on any atom is 0.305 e. The molecule has 0 radical (unpaired) electrons. The third-order valence-electron chi connectivity index (χ3n) is 1.89. The van der Waals surface area contributed by atoms with E-state index in [1.165, 1.54) is 11.3 Å². The Labute approximate surface area is 90.2 Å². The van der Waals surface area contributed by atoms with Crippen molar-refractivity contribution >= 4 is 22.9 Å². The maximum atomic E-state index is 11.1. The van der Waals surface area contributed by atoms with Crippen LogP contribution in [-0.4, -0.2) is 4.98 Å². The van der Waals surface area contributed by atoms with Crippen LogP contribution in [0.1, 0.15) is 5.69 Å². The fourth-order valence-electron chi connectivity index (χ4n) is 1.28. The van der Waals surface area contributed by atoms with E-state index in [1.807, 2.05) is 30.3 Å². The highest BCUT2D eigenvalue weighted by atomic mass is 35.5. The summed E-state index contributed by atoms with van der Waals surface area (Å²) in [6, 6.07) is 9.76. The van der Waals surface area contributed by atoms with Crippen LogP contribution in [0.15, 0.2) is 35.1 Å². The van der Waals surface area contributed by atoms with Crippen molar-refractivity contribution in [1.82, 2.24) is 4.98 Å². The molecule has 14 heavy (non-hydrogen) atoms. The molecule has 4 heteroatoms. The van der Waals surface area contributed by atoms with Crippen LogP contribution >= 0.6 is 22.9 Å². The molecule has 2 rings (SSSR count). The van der Waals surface area contributed by atoms with E-state index in [0.29, 0.717) is 5.88 Å². The average molecular weight is 226 g/mol. The van der Waals surface area contributed by atoms with Crippen molar-refractivity contribution in [3.63, 3.8) is 0 Å². The summed E-state index contributed by atoms with van der Waals surface area (Å²) in [5.74, 6) is 0.336. The number of hydrogen-bond donors (Lipinski definition) is 1. The summed E-state index contributed by atoms with van der Waals surface area (Å²) in [6.07, 6.45) is 0. The second-order valence-corrected chi connectivity index (χ2v) is 4.07. The standard InChI is InChI=1S/C10H8ClNOS/c11-6-8-9(14-10(13)12-8)7-4-2-1-3-5-7/h1-5H,6H2,(H,12,13). The number of benzene rings is 1. The molecular formula is C10H8ClNOS. The van der Waals surface area contributed by atoms with Crippen LogP contribution in [0.4, 0.5) is 0 Å². The van der Waals surface area contributed by atoms with Gasteiger partial charge in [0.2, 0.25) is 0 Å². The van der Waals surface area contributed by atoms with Gasteiger partial charge < -0.3 is 4.98 Å². The van der Waals surface area contributed by atoms with Crippen LogP contribution in [0.3, 0.4) is 0 Å². The van der Waals surface area contributed by atoms with Crippen molar-refractivity contribution < 1.29 is 0 Å². The highest BCUT2D eigenvalue weighted by Crippen LogP contribution is 2.25. The second kappa shape index (κ2) is 3.98. The number of alkyl halides is 1. The van der Waals surface area contributed by atoms with E-state index in [4.69, 9.17) is 11.6 Å². The molecule has 0 saturated heterocycles. The molecule has 0 saturated carbocycles. The molecule has 0 bridgehead atoms.